The quantitative estimate of drug-likeness (QED) is 0.769. The van der Waals surface area contributed by atoms with Gasteiger partial charge in [0.05, 0.1) is 30.5 Å². The lowest BCUT2D eigenvalue weighted by molar-refractivity contribution is -0.127. The van der Waals surface area contributed by atoms with E-state index >= 15 is 0 Å². The van der Waals surface area contributed by atoms with E-state index in [1.165, 1.54) is 0 Å². The summed E-state index contributed by atoms with van der Waals surface area (Å²) in [6.45, 7) is 10.2. The fraction of sp³-hybridized carbons (Fsp3) is 0.480. The van der Waals surface area contributed by atoms with Crippen LogP contribution in [0.1, 0.15) is 38.8 Å². The van der Waals surface area contributed by atoms with E-state index in [0.717, 1.165) is 55.3 Å². The van der Waals surface area contributed by atoms with Crippen molar-refractivity contribution < 1.29 is 14.3 Å². The summed E-state index contributed by atoms with van der Waals surface area (Å²) >= 11 is 0. The molecule has 0 radical (unpaired) electrons. The van der Waals surface area contributed by atoms with Crippen LogP contribution in [0.25, 0.3) is 0 Å². The van der Waals surface area contributed by atoms with Crippen LogP contribution in [-0.2, 0) is 4.79 Å². The normalized spacial score (nSPS) is 20.0. The first-order chi connectivity index (χ1) is 15.0. The molecule has 1 N–H and O–H groups in total. The SMILES string of the molecule is CC(C)Oc1ccccc1N1CCN(C(C)C(=O)NC2CCOc3ccccc32)CC1. The minimum Gasteiger partial charge on any atom is -0.493 e. The molecule has 2 aliphatic heterocycles. The van der Waals surface area contributed by atoms with Crippen LogP contribution in [0.15, 0.2) is 48.5 Å². The maximum atomic E-state index is 13.0. The van der Waals surface area contributed by atoms with Gasteiger partial charge in [-0.05, 0) is 39.0 Å². The highest BCUT2D eigenvalue weighted by atomic mass is 16.5. The number of nitrogens with zero attached hydrogens (tertiary/aromatic N) is 2. The molecular weight excluding hydrogens is 390 g/mol. The smallest absolute Gasteiger partial charge is 0.237 e. The van der Waals surface area contributed by atoms with Crippen LogP contribution in [-0.4, -0.2) is 55.7 Å². The Hall–Kier alpha value is -2.73. The van der Waals surface area contributed by atoms with Crippen molar-refractivity contribution in [2.24, 2.45) is 0 Å². The van der Waals surface area contributed by atoms with E-state index in [1.807, 2.05) is 57.2 Å². The Labute approximate surface area is 185 Å². The molecule has 1 fully saturated rings. The standard InChI is InChI=1S/C25H33N3O3/c1-18(2)31-24-11-7-5-9-22(24)28-15-13-27(14-16-28)19(3)25(29)26-21-12-17-30-23-10-6-4-8-20(21)23/h4-11,18-19,21H,12-17H2,1-3H3,(H,26,29). The van der Waals surface area contributed by atoms with Crippen LogP contribution >= 0.6 is 0 Å². The van der Waals surface area contributed by atoms with Crippen molar-refractivity contribution in [1.29, 1.82) is 0 Å². The number of carbonyl (C=O) groups is 1. The summed E-state index contributed by atoms with van der Waals surface area (Å²) in [6, 6.07) is 16.0. The van der Waals surface area contributed by atoms with Crippen LogP contribution in [0.5, 0.6) is 11.5 Å². The maximum Gasteiger partial charge on any atom is 0.237 e. The number of nitrogens with one attached hydrogen (secondary N) is 1. The van der Waals surface area contributed by atoms with E-state index in [2.05, 4.69) is 27.2 Å². The number of hydrogen-bond donors (Lipinski definition) is 1. The first kappa shape index (κ1) is 21.5. The van der Waals surface area contributed by atoms with Crippen molar-refractivity contribution in [1.82, 2.24) is 10.2 Å². The Morgan fingerprint density at radius 3 is 2.52 bits per heavy atom. The summed E-state index contributed by atoms with van der Waals surface area (Å²) in [5, 5.41) is 3.25. The second-order valence-electron chi connectivity index (χ2n) is 8.57. The average molecular weight is 424 g/mol. The number of fused-ring (bicyclic) bond motifs is 1. The number of rotatable bonds is 6. The summed E-state index contributed by atoms with van der Waals surface area (Å²) in [7, 11) is 0. The molecule has 2 aromatic rings. The molecule has 0 bridgehead atoms. The maximum absolute atomic E-state index is 13.0. The molecule has 166 valence electrons. The number of ether oxygens (including phenoxy) is 2. The van der Waals surface area contributed by atoms with Gasteiger partial charge in [0.15, 0.2) is 0 Å². The highest BCUT2D eigenvalue weighted by Crippen LogP contribution is 2.32. The molecule has 6 nitrogen and oxygen atoms in total. The van der Waals surface area contributed by atoms with Crippen LogP contribution in [0.2, 0.25) is 0 Å². The highest BCUT2D eigenvalue weighted by molar-refractivity contribution is 5.82. The summed E-state index contributed by atoms with van der Waals surface area (Å²) in [6.07, 6.45) is 0.942. The van der Waals surface area contributed by atoms with Crippen molar-refractivity contribution in [2.75, 3.05) is 37.7 Å². The van der Waals surface area contributed by atoms with Crippen molar-refractivity contribution in [3.05, 3.63) is 54.1 Å². The van der Waals surface area contributed by atoms with Crippen molar-refractivity contribution in [3.8, 4) is 11.5 Å². The molecule has 4 rings (SSSR count). The van der Waals surface area contributed by atoms with Gasteiger partial charge in [-0.1, -0.05) is 30.3 Å². The summed E-state index contributed by atoms with van der Waals surface area (Å²) in [4.78, 5) is 17.6. The topological polar surface area (TPSA) is 54.0 Å². The number of hydrogen-bond acceptors (Lipinski definition) is 5. The fourth-order valence-corrected chi connectivity index (χ4v) is 4.37. The van der Waals surface area contributed by atoms with E-state index < -0.39 is 0 Å². The Morgan fingerprint density at radius 2 is 1.74 bits per heavy atom. The monoisotopic (exact) mass is 423 g/mol. The molecule has 0 aromatic heterocycles. The average Bonchev–Trinajstić information content (AvgIpc) is 2.79. The summed E-state index contributed by atoms with van der Waals surface area (Å²) in [5.41, 5.74) is 2.20. The van der Waals surface area contributed by atoms with Gasteiger partial charge in [0, 0.05) is 38.2 Å². The Morgan fingerprint density at radius 1 is 1.03 bits per heavy atom. The number of para-hydroxylation sites is 3. The third-order valence-electron chi connectivity index (χ3n) is 6.09. The first-order valence-corrected chi connectivity index (χ1v) is 11.3. The zero-order chi connectivity index (χ0) is 21.8. The van der Waals surface area contributed by atoms with Gasteiger partial charge in [-0.25, -0.2) is 0 Å². The van der Waals surface area contributed by atoms with Crippen LogP contribution < -0.4 is 19.7 Å². The number of anilines is 1. The van der Waals surface area contributed by atoms with Gasteiger partial charge in [-0.3, -0.25) is 9.69 Å². The Balaban J connectivity index is 1.35. The van der Waals surface area contributed by atoms with Gasteiger partial charge in [0.1, 0.15) is 11.5 Å². The second kappa shape index (κ2) is 9.60. The van der Waals surface area contributed by atoms with E-state index in [1.54, 1.807) is 0 Å². The molecule has 2 heterocycles. The van der Waals surface area contributed by atoms with Gasteiger partial charge in [-0.2, -0.15) is 0 Å². The number of piperazine rings is 1. The Kier molecular flexibility index (Phi) is 6.66. The van der Waals surface area contributed by atoms with E-state index in [-0.39, 0.29) is 24.1 Å². The van der Waals surface area contributed by atoms with Crippen molar-refractivity contribution >= 4 is 11.6 Å². The molecule has 2 aromatic carbocycles. The molecule has 1 saturated heterocycles. The molecule has 2 aliphatic rings. The summed E-state index contributed by atoms with van der Waals surface area (Å²) < 4.78 is 11.7. The molecule has 6 heteroatoms. The van der Waals surface area contributed by atoms with Gasteiger partial charge in [0.25, 0.3) is 0 Å². The molecule has 0 saturated carbocycles. The van der Waals surface area contributed by atoms with Gasteiger partial charge < -0.3 is 19.7 Å². The predicted molar refractivity (Wildman–Crippen MR) is 123 cm³/mol. The predicted octanol–water partition coefficient (Wildman–Crippen LogP) is 3.62. The third-order valence-corrected chi connectivity index (χ3v) is 6.09. The number of carbonyl (C=O) groups excluding carboxylic acids is 1. The van der Waals surface area contributed by atoms with Crippen LogP contribution in [0.3, 0.4) is 0 Å². The van der Waals surface area contributed by atoms with Crippen LogP contribution in [0, 0.1) is 0 Å². The molecular formula is C25H33N3O3. The van der Waals surface area contributed by atoms with Crippen molar-refractivity contribution in [2.45, 2.75) is 45.4 Å². The molecule has 2 atom stereocenters. The van der Waals surface area contributed by atoms with E-state index in [0.29, 0.717) is 6.61 Å². The fourth-order valence-electron chi connectivity index (χ4n) is 4.37. The highest BCUT2D eigenvalue weighted by Gasteiger charge is 2.29. The molecule has 31 heavy (non-hydrogen) atoms. The molecule has 2 unspecified atom stereocenters. The zero-order valence-electron chi connectivity index (χ0n) is 18.7. The van der Waals surface area contributed by atoms with Gasteiger partial charge in [-0.15, -0.1) is 0 Å². The van der Waals surface area contributed by atoms with Crippen molar-refractivity contribution in [3.63, 3.8) is 0 Å². The largest absolute Gasteiger partial charge is 0.493 e. The summed E-state index contributed by atoms with van der Waals surface area (Å²) in [5.74, 6) is 1.89. The third kappa shape index (κ3) is 4.96. The lowest BCUT2D eigenvalue weighted by Gasteiger charge is -2.39. The minimum absolute atomic E-state index is 0.0150. The zero-order valence-corrected chi connectivity index (χ0v) is 18.7. The number of amides is 1. The first-order valence-electron chi connectivity index (χ1n) is 11.3. The molecule has 0 aliphatic carbocycles. The van der Waals surface area contributed by atoms with E-state index in [4.69, 9.17) is 9.47 Å². The molecule has 1 amide bonds. The lowest BCUT2D eigenvalue weighted by atomic mass is 10.00. The van der Waals surface area contributed by atoms with E-state index in [9.17, 15) is 4.79 Å². The molecule has 0 spiro atoms. The number of benzene rings is 2. The van der Waals surface area contributed by atoms with Gasteiger partial charge >= 0.3 is 0 Å². The van der Waals surface area contributed by atoms with Crippen LogP contribution in [0.4, 0.5) is 5.69 Å². The van der Waals surface area contributed by atoms with Gasteiger partial charge in [0.2, 0.25) is 5.91 Å². The minimum atomic E-state index is -0.167. The lowest BCUT2D eigenvalue weighted by Crippen LogP contribution is -2.54. The Bertz CT molecular complexity index is 893. The second-order valence-corrected chi connectivity index (χ2v) is 8.57.